The lowest BCUT2D eigenvalue weighted by molar-refractivity contribution is 0.102. The number of hydrogen-bond donors (Lipinski definition) is 1. The van der Waals surface area contributed by atoms with Gasteiger partial charge in [-0.3, -0.25) is 4.79 Å². The third-order valence-corrected chi connectivity index (χ3v) is 3.55. The van der Waals surface area contributed by atoms with Crippen LogP contribution >= 0.6 is 0 Å². The third kappa shape index (κ3) is 4.84. The van der Waals surface area contributed by atoms with E-state index in [2.05, 4.69) is 10.3 Å². The van der Waals surface area contributed by atoms with Gasteiger partial charge in [0.2, 0.25) is 5.88 Å². The molecule has 1 aromatic carbocycles. The van der Waals surface area contributed by atoms with E-state index in [1.165, 1.54) is 6.20 Å². The molecular weight excluding hydrogens is 324 g/mol. The molecule has 0 atom stereocenters. The number of pyridine rings is 1. The molecule has 2 rings (SSSR count). The summed E-state index contributed by atoms with van der Waals surface area (Å²) in [6.07, 6.45) is 1.53. The van der Waals surface area contributed by atoms with Crippen molar-refractivity contribution < 1.29 is 23.7 Å². The zero-order valence-electron chi connectivity index (χ0n) is 14.8. The average molecular weight is 346 g/mol. The maximum atomic E-state index is 12.5. The highest BCUT2D eigenvalue weighted by molar-refractivity contribution is 6.04. The maximum Gasteiger partial charge on any atom is 0.255 e. The first-order chi connectivity index (χ1) is 12.1. The molecule has 0 aliphatic rings. The topological polar surface area (TPSA) is 78.9 Å². The van der Waals surface area contributed by atoms with E-state index in [1.807, 2.05) is 6.92 Å². The van der Waals surface area contributed by atoms with Gasteiger partial charge in [0.1, 0.15) is 18.1 Å². The Balaban J connectivity index is 2.09. The van der Waals surface area contributed by atoms with Crippen molar-refractivity contribution in [1.29, 1.82) is 0 Å². The van der Waals surface area contributed by atoms with Crippen LogP contribution in [-0.4, -0.2) is 45.4 Å². The number of aromatic nitrogens is 1. The highest BCUT2D eigenvalue weighted by Gasteiger charge is 2.14. The lowest BCUT2D eigenvalue weighted by Crippen LogP contribution is -2.13. The molecule has 0 saturated heterocycles. The molecule has 1 aromatic heterocycles. The Morgan fingerprint density at radius 1 is 1.08 bits per heavy atom. The summed E-state index contributed by atoms with van der Waals surface area (Å²) in [5.74, 6) is 1.36. The van der Waals surface area contributed by atoms with Crippen LogP contribution in [0.25, 0.3) is 0 Å². The van der Waals surface area contributed by atoms with E-state index in [1.54, 1.807) is 45.6 Å². The van der Waals surface area contributed by atoms with E-state index in [4.69, 9.17) is 18.9 Å². The second kappa shape index (κ2) is 8.89. The fraction of sp³-hybridized carbons (Fsp3) is 0.333. The minimum atomic E-state index is -0.286. The van der Waals surface area contributed by atoms with Gasteiger partial charge in [0.25, 0.3) is 5.91 Å². The van der Waals surface area contributed by atoms with Crippen LogP contribution in [0.15, 0.2) is 30.5 Å². The monoisotopic (exact) mass is 346 g/mol. The van der Waals surface area contributed by atoms with E-state index < -0.39 is 0 Å². The number of carbonyl (C=O) groups is 1. The number of amides is 1. The highest BCUT2D eigenvalue weighted by atomic mass is 16.5. The van der Waals surface area contributed by atoms with E-state index >= 15 is 0 Å². The second-order valence-corrected chi connectivity index (χ2v) is 5.19. The zero-order valence-corrected chi connectivity index (χ0v) is 14.8. The summed E-state index contributed by atoms with van der Waals surface area (Å²) in [4.78, 5) is 16.6. The fourth-order valence-electron chi connectivity index (χ4n) is 2.19. The Hall–Kier alpha value is -2.80. The molecule has 0 spiro atoms. The van der Waals surface area contributed by atoms with Gasteiger partial charge < -0.3 is 24.3 Å². The molecular formula is C18H22N2O5. The van der Waals surface area contributed by atoms with Crippen molar-refractivity contribution in [2.75, 3.05) is 39.9 Å². The zero-order chi connectivity index (χ0) is 18.2. The van der Waals surface area contributed by atoms with Crippen LogP contribution in [0.5, 0.6) is 17.4 Å². The van der Waals surface area contributed by atoms with E-state index in [9.17, 15) is 4.79 Å². The predicted molar refractivity (Wildman–Crippen MR) is 93.8 cm³/mol. The van der Waals surface area contributed by atoms with E-state index in [0.29, 0.717) is 41.8 Å². The first-order valence-corrected chi connectivity index (χ1v) is 7.70. The lowest BCUT2D eigenvalue weighted by atomic mass is 10.1. The number of nitrogens with one attached hydrogen (secondary N) is 1. The molecule has 0 fully saturated rings. The Kier molecular flexibility index (Phi) is 6.59. The maximum absolute atomic E-state index is 12.5. The quantitative estimate of drug-likeness (QED) is 0.741. The molecule has 7 nitrogen and oxygen atoms in total. The van der Waals surface area contributed by atoms with Gasteiger partial charge in [-0.15, -0.1) is 0 Å². The van der Waals surface area contributed by atoms with Crippen LogP contribution < -0.4 is 19.5 Å². The average Bonchev–Trinajstić information content (AvgIpc) is 2.63. The highest BCUT2D eigenvalue weighted by Crippen LogP contribution is 2.29. The SMILES string of the molecule is COCCOc1ccc(NC(=O)c2cc(OC)c(C)c(OC)c2)cn1. The number of rotatable bonds is 8. The van der Waals surface area contributed by atoms with Gasteiger partial charge >= 0.3 is 0 Å². The summed E-state index contributed by atoms with van der Waals surface area (Å²) in [6, 6.07) is 6.74. The van der Waals surface area contributed by atoms with Gasteiger partial charge in [-0.25, -0.2) is 4.98 Å². The summed E-state index contributed by atoms with van der Waals surface area (Å²) in [5, 5.41) is 2.78. The Labute approximate surface area is 146 Å². The van der Waals surface area contributed by atoms with Gasteiger partial charge in [0.05, 0.1) is 32.7 Å². The first-order valence-electron chi connectivity index (χ1n) is 7.70. The number of carbonyl (C=O) groups excluding carboxylic acids is 1. The molecule has 0 unspecified atom stereocenters. The minimum Gasteiger partial charge on any atom is -0.496 e. The smallest absolute Gasteiger partial charge is 0.255 e. The molecule has 0 radical (unpaired) electrons. The summed E-state index contributed by atoms with van der Waals surface area (Å²) in [7, 11) is 4.70. The number of hydrogen-bond acceptors (Lipinski definition) is 6. The molecule has 134 valence electrons. The van der Waals surface area contributed by atoms with Crippen molar-refractivity contribution in [3.8, 4) is 17.4 Å². The van der Waals surface area contributed by atoms with E-state index in [0.717, 1.165) is 5.56 Å². The molecule has 1 amide bonds. The van der Waals surface area contributed by atoms with Crippen molar-refractivity contribution in [3.63, 3.8) is 0 Å². The molecule has 7 heteroatoms. The molecule has 0 aliphatic carbocycles. The lowest BCUT2D eigenvalue weighted by Gasteiger charge is -2.13. The van der Waals surface area contributed by atoms with Crippen molar-refractivity contribution in [3.05, 3.63) is 41.6 Å². The van der Waals surface area contributed by atoms with Crippen LogP contribution in [-0.2, 0) is 4.74 Å². The third-order valence-electron chi connectivity index (χ3n) is 3.55. The largest absolute Gasteiger partial charge is 0.496 e. The van der Waals surface area contributed by atoms with Crippen LogP contribution in [0.1, 0.15) is 15.9 Å². The number of nitrogens with zero attached hydrogens (tertiary/aromatic N) is 1. The molecule has 0 saturated carbocycles. The number of methoxy groups -OCH3 is 3. The molecule has 0 aliphatic heterocycles. The van der Waals surface area contributed by atoms with Crippen molar-refractivity contribution in [2.24, 2.45) is 0 Å². The number of benzene rings is 1. The minimum absolute atomic E-state index is 0.286. The van der Waals surface area contributed by atoms with Crippen molar-refractivity contribution in [1.82, 2.24) is 4.98 Å². The van der Waals surface area contributed by atoms with Crippen LogP contribution in [0, 0.1) is 6.92 Å². The first kappa shape index (κ1) is 18.5. The molecule has 1 heterocycles. The summed E-state index contributed by atoms with van der Waals surface area (Å²) in [5.41, 5.74) is 1.82. The molecule has 25 heavy (non-hydrogen) atoms. The van der Waals surface area contributed by atoms with Crippen LogP contribution in [0.2, 0.25) is 0 Å². The second-order valence-electron chi connectivity index (χ2n) is 5.19. The fourth-order valence-corrected chi connectivity index (χ4v) is 2.19. The summed E-state index contributed by atoms with van der Waals surface area (Å²) < 4.78 is 20.9. The number of ether oxygens (including phenoxy) is 4. The van der Waals surface area contributed by atoms with Crippen LogP contribution in [0.4, 0.5) is 5.69 Å². The standard InChI is InChI=1S/C18H22N2O5/c1-12-15(23-3)9-13(10-16(12)24-4)18(21)20-14-5-6-17(19-11-14)25-8-7-22-2/h5-6,9-11H,7-8H2,1-4H3,(H,20,21). The Morgan fingerprint density at radius 3 is 2.28 bits per heavy atom. The normalized spacial score (nSPS) is 10.2. The van der Waals surface area contributed by atoms with E-state index in [-0.39, 0.29) is 5.91 Å². The van der Waals surface area contributed by atoms with Crippen LogP contribution in [0.3, 0.4) is 0 Å². The molecule has 0 bridgehead atoms. The summed E-state index contributed by atoms with van der Waals surface area (Å²) >= 11 is 0. The molecule has 1 N–H and O–H groups in total. The molecule has 2 aromatic rings. The van der Waals surface area contributed by atoms with Gasteiger partial charge in [-0.1, -0.05) is 0 Å². The summed E-state index contributed by atoms with van der Waals surface area (Å²) in [6.45, 7) is 2.76. The van der Waals surface area contributed by atoms with Gasteiger partial charge in [-0.05, 0) is 25.1 Å². The number of anilines is 1. The predicted octanol–water partition coefficient (Wildman–Crippen LogP) is 2.68. The van der Waals surface area contributed by atoms with Crippen molar-refractivity contribution in [2.45, 2.75) is 6.92 Å². The van der Waals surface area contributed by atoms with Gasteiger partial charge in [0, 0.05) is 24.3 Å². The van der Waals surface area contributed by atoms with Gasteiger partial charge in [0.15, 0.2) is 0 Å². The van der Waals surface area contributed by atoms with Crippen molar-refractivity contribution >= 4 is 11.6 Å². The Bertz CT molecular complexity index is 691. The van der Waals surface area contributed by atoms with Gasteiger partial charge in [-0.2, -0.15) is 0 Å². The Morgan fingerprint density at radius 2 is 1.76 bits per heavy atom.